The Labute approximate surface area is 184 Å². The largest absolute Gasteiger partial charge is 0.337 e. The van der Waals surface area contributed by atoms with Crippen LogP contribution in [0.4, 0.5) is 4.39 Å². The highest BCUT2D eigenvalue weighted by atomic mass is 32.2. The molecule has 2 heterocycles. The lowest BCUT2D eigenvalue weighted by Gasteiger charge is -2.22. The highest BCUT2D eigenvalue weighted by Gasteiger charge is 2.19. The van der Waals surface area contributed by atoms with Gasteiger partial charge in [-0.2, -0.15) is 0 Å². The van der Waals surface area contributed by atoms with Gasteiger partial charge in [0.25, 0.3) is 0 Å². The number of pyridine rings is 1. The predicted octanol–water partition coefficient (Wildman–Crippen LogP) is 4.91. The minimum absolute atomic E-state index is 0.00362. The van der Waals surface area contributed by atoms with Crippen molar-refractivity contribution in [1.29, 1.82) is 0 Å². The molecule has 0 N–H and O–H groups in total. The number of benzene rings is 2. The molecule has 0 bridgehead atoms. The van der Waals surface area contributed by atoms with Crippen LogP contribution in [0.5, 0.6) is 0 Å². The fourth-order valence-electron chi connectivity index (χ4n) is 3.38. The van der Waals surface area contributed by atoms with Crippen LogP contribution in [0, 0.1) is 5.82 Å². The number of imidazole rings is 1. The van der Waals surface area contributed by atoms with Gasteiger partial charge < -0.3 is 4.90 Å². The Morgan fingerprint density at radius 1 is 1.06 bits per heavy atom. The Kier molecular flexibility index (Phi) is 6.62. The molecule has 0 aliphatic carbocycles. The van der Waals surface area contributed by atoms with Crippen molar-refractivity contribution in [3.8, 4) is 0 Å². The second-order valence-corrected chi connectivity index (χ2v) is 8.08. The minimum atomic E-state index is -0.261. The molecule has 0 radical (unpaired) electrons. The van der Waals surface area contributed by atoms with E-state index >= 15 is 0 Å². The van der Waals surface area contributed by atoms with E-state index in [2.05, 4.69) is 9.97 Å². The standard InChI is InChI=1S/C24H23FN4OS/c1-2-28(15-18-8-4-3-5-9-18)22(30)16-29-23-21(12-7-13-26-23)27-24(29)31-17-19-10-6-11-20(25)14-19/h3-14H,2,15-17H2,1H3. The number of hydrogen-bond donors (Lipinski definition) is 0. The smallest absolute Gasteiger partial charge is 0.242 e. The third-order valence-electron chi connectivity index (χ3n) is 4.97. The lowest BCUT2D eigenvalue weighted by molar-refractivity contribution is -0.132. The Morgan fingerprint density at radius 2 is 1.87 bits per heavy atom. The summed E-state index contributed by atoms with van der Waals surface area (Å²) in [6.45, 7) is 3.30. The van der Waals surface area contributed by atoms with Crippen molar-refractivity contribution in [2.24, 2.45) is 0 Å². The molecular formula is C24H23FN4OS. The zero-order valence-electron chi connectivity index (χ0n) is 17.2. The summed E-state index contributed by atoms with van der Waals surface area (Å²) in [5, 5.41) is 0.696. The molecule has 0 fully saturated rings. The molecule has 5 nitrogen and oxygen atoms in total. The summed E-state index contributed by atoms with van der Waals surface area (Å²) in [4.78, 5) is 24.1. The second-order valence-electron chi connectivity index (χ2n) is 7.14. The molecule has 0 spiro atoms. The van der Waals surface area contributed by atoms with Crippen LogP contribution in [-0.2, 0) is 23.6 Å². The van der Waals surface area contributed by atoms with Crippen molar-refractivity contribution in [2.75, 3.05) is 6.54 Å². The maximum absolute atomic E-state index is 13.5. The number of carbonyl (C=O) groups is 1. The Hall–Kier alpha value is -3.19. The number of amides is 1. The number of carbonyl (C=O) groups excluding carboxylic acids is 1. The second kappa shape index (κ2) is 9.75. The van der Waals surface area contributed by atoms with Crippen molar-refractivity contribution < 1.29 is 9.18 Å². The van der Waals surface area contributed by atoms with Gasteiger partial charge in [0.15, 0.2) is 10.8 Å². The average Bonchev–Trinajstić information content (AvgIpc) is 3.14. The maximum Gasteiger partial charge on any atom is 0.242 e. The van der Waals surface area contributed by atoms with Gasteiger partial charge in [0.1, 0.15) is 17.9 Å². The number of nitrogens with zero attached hydrogens (tertiary/aromatic N) is 4. The monoisotopic (exact) mass is 434 g/mol. The van der Waals surface area contributed by atoms with Gasteiger partial charge in [-0.25, -0.2) is 14.4 Å². The predicted molar refractivity (Wildman–Crippen MR) is 121 cm³/mol. The van der Waals surface area contributed by atoms with Crippen molar-refractivity contribution in [3.05, 3.63) is 89.9 Å². The molecule has 2 aromatic carbocycles. The molecule has 0 saturated heterocycles. The van der Waals surface area contributed by atoms with Crippen molar-refractivity contribution in [1.82, 2.24) is 19.4 Å². The first-order valence-corrected chi connectivity index (χ1v) is 11.1. The number of likely N-dealkylation sites (N-methyl/N-ethyl adjacent to an activating group) is 1. The summed E-state index contributed by atoms with van der Waals surface area (Å²) in [7, 11) is 0. The average molecular weight is 435 g/mol. The first kappa shape index (κ1) is 21.1. The van der Waals surface area contributed by atoms with Crippen molar-refractivity contribution in [2.45, 2.75) is 30.9 Å². The van der Waals surface area contributed by atoms with Crippen LogP contribution in [0.2, 0.25) is 0 Å². The summed E-state index contributed by atoms with van der Waals surface area (Å²) >= 11 is 1.47. The van der Waals surface area contributed by atoms with Crippen LogP contribution in [0.3, 0.4) is 0 Å². The van der Waals surface area contributed by atoms with E-state index in [1.165, 1.54) is 23.9 Å². The third-order valence-corrected chi connectivity index (χ3v) is 6.02. The van der Waals surface area contributed by atoms with Gasteiger partial charge in [-0.3, -0.25) is 9.36 Å². The van der Waals surface area contributed by atoms with Crippen LogP contribution in [0.25, 0.3) is 11.2 Å². The van der Waals surface area contributed by atoms with Crippen LogP contribution >= 0.6 is 11.8 Å². The van der Waals surface area contributed by atoms with E-state index in [4.69, 9.17) is 0 Å². The van der Waals surface area contributed by atoms with Gasteiger partial charge >= 0.3 is 0 Å². The van der Waals surface area contributed by atoms with Crippen LogP contribution < -0.4 is 0 Å². The molecule has 4 rings (SSSR count). The lowest BCUT2D eigenvalue weighted by atomic mass is 10.2. The lowest BCUT2D eigenvalue weighted by Crippen LogP contribution is -2.33. The van der Waals surface area contributed by atoms with E-state index in [-0.39, 0.29) is 18.3 Å². The number of rotatable bonds is 8. The van der Waals surface area contributed by atoms with E-state index in [1.54, 1.807) is 12.3 Å². The molecule has 1 amide bonds. The number of aromatic nitrogens is 3. The van der Waals surface area contributed by atoms with Crippen molar-refractivity contribution in [3.63, 3.8) is 0 Å². The van der Waals surface area contributed by atoms with Gasteiger partial charge in [-0.1, -0.05) is 54.2 Å². The molecular weight excluding hydrogens is 411 g/mol. The Morgan fingerprint density at radius 3 is 2.65 bits per heavy atom. The topological polar surface area (TPSA) is 51.0 Å². The molecule has 158 valence electrons. The fraction of sp³-hybridized carbons (Fsp3) is 0.208. The zero-order valence-corrected chi connectivity index (χ0v) is 18.1. The van der Waals surface area contributed by atoms with Gasteiger partial charge in [-0.15, -0.1) is 0 Å². The van der Waals surface area contributed by atoms with E-state index in [0.29, 0.717) is 29.6 Å². The van der Waals surface area contributed by atoms with E-state index in [1.807, 2.05) is 64.9 Å². The van der Waals surface area contributed by atoms with E-state index in [9.17, 15) is 9.18 Å². The van der Waals surface area contributed by atoms with E-state index < -0.39 is 0 Å². The molecule has 7 heteroatoms. The van der Waals surface area contributed by atoms with Crippen LogP contribution in [-0.4, -0.2) is 31.9 Å². The molecule has 0 aliphatic rings. The molecule has 0 atom stereocenters. The third kappa shape index (κ3) is 5.11. The van der Waals surface area contributed by atoms with Crippen molar-refractivity contribution >= 4 is 28.8 Å². The fourth-order valence-corrected chi connectivity index (χ4v) is 4.33. The van der Waals surface area contributed by atoms with Gasteiger partial charge in [-0.05, 0) is 42.3 Å². The van der Waals surface area contributed by atoms with Crippen LogP contribution in [0.1, 0.15) is 18.1 Å². The highest BCUT2D eigenvalue weighted by Crippen LogP contribution is 2.26. The van der Waals surface area contributed by atoms with Gasteiger partial charge in [0.05, 0.1) is 0 Å². The summed E-state index contributed by atoms with van der Waals surface area (Å²) in [6, 6.07) is 20.2. The number of fused-ring (bicyclic) bond motifs is 1. The summed E-state index contributed by atoms with van der Waals surface area (Å²) in [5.74, 6) is 0.295. The minimum Gasteiger partial charge on any atom is -0.337 e. The first-order chi connectivity index (χ1) is 15.1. The summed E-state index contributed by atoms with van der Waals surface area (Å²) < 4.78 is 15.4. The zero-order chi connectivity index (χ0) is 21.6. The molecule has 0 unspecified atom stereocenters. The Bertz CT molecular complexity index is 1180. The molecule has 0 saturated carbocycles. The van der Waals surface area contributed by atoms with E-state index in [0.717, 1.165) is 16.6 Å². The summed E-state index contributed by atoms with van der Waals surface area (Å²) in [5.41, 5.74) is 3.37. The maximum atomic E-state index is 13.5. The SMILES string of the molecule is CCN(Cc1ccccc1)C(=O)Cn1c(SCc2cccc(F)c2)nc2cccnc21. The molecule has 2 aromatic heterocycles. The number of thioether (sulfide) groups is 1. The van der Waals surface area contributed by atoms with Gasteiger partial charge in [0.2, 0.25) is 5.91 Å². The summed E-state index contributed by atoms with van der Waals surface area (Å²) in [6.07, 6.45) is 1.70. The molecule has 4 aromatic rings. The molecule has 0 aliphatic heterocycles. The Balaban J connectivity index is 1.56. The van der Waals surface area contributed by atoms with Gasteiger partial charge in [0, 0.05) is 25.0 Å². The first-order valence-electron chi connectivity index (χ1n) is 10.1. The number of hydrogen-bond acceptors (Lipinski definition) is 4. The normalized spacial score (nSPS) is 11.0. The number of halogens is 1. The quantitative estimate of drug-likeness (QED) is 0.370. The van der Waals surface area contributed by atoms with Crippen LogP contribution in [0.15, 0.2) is 78.1 Å². The highest BCUT2D eigenvalue weighted by molar-refractivity contribution is 7.98. The molecule has 31 heavy (non-hydrogen) atoms.